The van der Waals surface area contributed by atoms with Gasteiger partial charge in [0.25, 0.3) is 0 Å². The highest BCUT2D eigenvalue weighted by atomic mass is 16.3. The molecule has 21 heavy (non-hydrogen) atoms. The van der Waals surface area contributed by atoms with Gasteiger partial charge in [-0.15, -0.1) is 0 Å². The van der Waals surface area contributed by atoms with Gasteiger partial charge in [-0.3, -0.25) is 0 Å². The van der Waals surface area contributed by atoms with Gasteiger partial charge in [-0.1, -0.05) is 48.6 Å². The van der Waals surface area contributed by atoms with Crippen LogP contribution >= 0.6 is 0 Å². The summed E-state index contributed by atoms with van der Waals surface area (Å²) in [4.78, 5) is 0. The zero-order valence-corrected chi connectivity index (χ0v) is 12.4. The molecule has 2 N–H and O–H groups in total. The predicted molar refractivity (Wildman–Crippen MR) is 88.1 cm³/mol. The summed E-state index contributed by atoms with van der Waals surface area (Å²) >= 11 is 0. The van der Waals surface area contributed by atoms with Gasteiger partial charge in [0.1, 0.15) is 5.75 Å². The molecule has 0 radical (unpaired) electrons. The maximum atomic E-state index is 9.30. The molecular formula is C19H22O2. The normalized spacial score (nSPS) is 12.7. The first-order valence-corrected chi connectivity index (χ1v) is 7.39. The standard InChI is InChI=1S/C19H22O2/c1-15(20)5-3-2-4-6-16-7-9-17(10-8-16)18-11-13-19(21)14-12-18/h4,6-15,20-21H,2-3,5H2,1H3. The average Bonchev–Trinajstić information content (AvgIpc) is 2.48. The molecule has 2 aromatic rings. The molecule has 2 nitrogen and oxygen atoms in total. The summed E-state index contributed by atoms with van der Waals surface area (Å²) in [7, 11) is 0. The highest BCUT2D eigenvalue weighted by Crippen LogP contribution is 2.22. The number of aromatic hydroxyl groups is 1. The van der Waals surface area contributed by atoms with Gasteiger partial charge in [0, 0.05) is 0 Å². The molecule has 1 atom stereocenters. The van der Waals surface area contributed by atoms with Crippen molar-refractivity contribution < 1.29 is 10.2 Å². The van der Waals surface area contributed by atoms with Crippen molar-refractivity contribution in [3.63, 3.8) is 0 Å². The predicted octanol–water partition coefficient (Wildman–Crippen LogP) is 4.62. The van der Waals surface area contributed by atoms with Crippen LogP contribution in [0.4, 0.5) is 0 Å². The Bertz CT molecular complexity index is 566. The second kappa shape index (κ2) is 7.65. The van der Waals surface area contributed by atoms with E-state index in [2.05, 4.69) is 36.4 Å². The van der Waals surface area contributed by atoms with Crippen LogP contribution in [-0.4, -0.2) is 16.3 Å². The highest BCUT2D eigenvalue weighted by molar-refractivity contribution is 5.66. The second-order valence-electron chi connectivity index (χ2n) is 5.35. The monoisotopic (exact) mass is 282 g/mol. The first-order chi connectivity index (χ1) is 10.1. The summed E-state index contributed by atoms with van der Waals surface area (Å²) in [6, 6.07) is 15.6. The van der Waals surface area contributed by atoms with Gasteiger partial charge in [0.2, 0.25) is 0 Å². The average molecular weight is 282 g/mol. The maximum Gasteiger partial charge on any atom is 0.115 e. The molecule has 0 aromatic heterocycles. The Kier molecular flexibility index (Phi) is 5.59. The summed E-state index contributed by atoms with van der Waals surface area (Å²) in [5.74, 6) is 0.288. The minimum atomic E-state index is -0.206. The third kappa shape index (κ3) is 5.09. The van der Waals surface area contributed by atoms with Gasteiger partial charge < -0.3 is 10.2 Å². The molecular weight excluding hydrogens is 260 g/mol. The van der Waals surface area contributed by atoms with E-state index in [1.807, 2.05) is 19.1 Å². The molecule has 0 fully saturated rings. The quantitative estimate of drug-likeness (QED) is 0.759. The Hall–Kier alpha value is -2.06. The number of allylic oxidation sites excluding steroid dienone is 1. The fraction of sp³-hybridized carbons (Fsp3) is 0.263. The number of phenols is 1. The Balaban J connectivity index is 1.92. The van der Waals surface area contributed by atoms with E-state index in [-0.39, 0.29) is 11.9 Å². The molecule has 0 aliphatic heterocycles. The summed E-state index contributed by atoms with van der Waals surface area (Å²) in [5.41, 5.74) is 3.41. The maximum absolute atomic E-state index is 9.30. The first-order valence-electron chi connectivity index (χ1n) is 7.39. The van der Waals surface area contributed by atoms with E-state index < -0.39 is 0 Å². The molecule has 0 saturated carbocycles. The van der Waals surface area contributed by atoms with Gasteiger partial charge in [-0.2, -0.15) is 0 Å². The molecule has 0 heterocycles. The van der Waals surface area contributed by atoms with E-state index in [9.17, 15) is 10.2 Å². The molecule has 0 spiro atoms. The van der Waals surface area contributed by atoms with Crippen LogP contribution in [-0.2, 0) is 0 Å². The van der Waals surface area contributed by atoms with Gasteiger partial charge in [-0.05, 0) is 55.0 Å². The van der Waals surface area contributed by atoms with Crippen molar-refractivity contribution in [3.05, 3.63) is 60.2 Å². The molecule has 2 aromatic carbocycles. The van der Waals surface area contributed by atoms with Crippen molar-refractivity contribution in [3.8, 4) is 16.9 Å². The summed E-state index contributed by atoms with van der Waals surface area (Å²) in [5, 5.41) is 18.5. The van der Waals surface area contributed by atoms with E-state index in [4.69, 9.17) is 0 Å². The third-order valence-corrected chi connectivity index (χ3v) is 3.41. The van der Waals surface area contributed by atoms with Crippen LogP contribution in [0.5, 0.6) is 5.75 Å². The first kappa shape index (κ1) is 15.3. The molecule has 0 aliphatic carbocycles. The second-order valence-corrected chi connectivity index (χ2v) is 5.35. The van der Waals surface area contributed by atoms with Crippen molar-refractivity contribution in [2.75, 3.05) is 0 Å². The summed E-state index contributed by atoms with van der Waals surface area (Å²) < 4.78 is 0. The van der Waals surface area contributed by atoms with Gasteiger partial charge >= 0.3 is 0 Å². The van der Waals surface area contributed by atoms with Crippen LogP contribution in [0.25, 0.3) is 17.2 Å². The van der Waals surface area contributed by atoms with E-state index in [1.165, 1.54) is 5.56 Å². The van der Waals surface area contributed by atoms with E-state index in [0.717, 1.165) is 30.4 Å². The van der Waals surface area contributed by atoms with Crippen LogP contribution < -0.4 is 0 Å². The Labute approximate surface area is 126 Å². The Morgan fingerprint density at radius 1 is 0.952 bits per heavy atom. The van der Waals surface area contributed by atoms with Gasteiger partial charge in [0.05, 0.1) is 6.10 Å². The van der Waals surface area contributed by atoms with Crippen molar-refractivity contribution >= 4 is 6.08 Å². The Morgan fingerprint density at radius 2 is 1.52 bits per heavy atom. The van der Waals surface area contributed by atoms with Gasteiger partial charge in [0.15, 0.2) is 0 Å². The zero-order valence-electron chi connectivity index (χ0n) is 12.4. The number of aliphatic hydroxyl groups excluding tert-OH is 1. The summed E-state index contributed by atoms with van der Waals surface area (Å²) in [6.45, 7) is 1.83. The smallest absolute Gasteiger partial charge is 0.115 e. The number of unbranched alkanes of at least 4 members (excludes halogenated alkanes) is 1. The van der Waals surface area contributed by atoms with Crippen LogP contribution in [0.15, 0.2) is 54.6 Å². The fourth-order valence-corrected chi connectivity index (χ4v) is 2.19. The van der Waals surface area contributed by atoms with Crippen molar-refractivity contribution in [1.82, 2.24) is 0 Å². The molecule has 2 rings (SSSR count). The van der Waals surface area contributed by atoms with Crippen LogP contribution in [0.3, 0.4) is 0 Å². The molecule has 0 saturated heterocycles. The number of rotatable bonds is 6. The lowest BCUT2D eigenvalue weighted by atomic mass is 10.0. The molecule has 1 unspecified atom stereocenters. The number of hydrogen-bond acceptors (Lipinski definition) is 2. The van der Waals surface area contributed by atoms with Crippen molar-refractivity contribution in [1.29, 1.82) is 0 Å². The van der Waals surface area contributed by atoms with E-state index in [1.54, 1.807) is 12.1 Å². The molecule has 0 bridgehead atoms. The third-order valence-electron chi connectivity index (χ3n) is 3.41. The minimum absolute atomic E-state index is 0.206. The minimum Gasteiger partial charge on any atom is -0.508 e. The van der Waals surface area contributed by atoms with E-state index >= 15 is 0 Å². The van der Waals surface area contributed by atoms with E-state index in [0.29, 0.717) is 0 Å². The summed E-state index contributed by atoms with van der Waals surface area (Å²) in [6.07, 6.45) is 6.91. The fourth-order valence-electron chi connectivity index (χ4n) is 2.19. The van der Waals surface area contributed by atoms with Crippen molar-refractivity contribution in [2.24, 2.45) is 0 Å². The van der Waals surface area contributed by atoms with Crippen LogP contribution in [0.2, 0.25) is 0 Å². The molecule has 2 heteroatoms. The lowest BCUT2D eigenvalue weighted by Gasteiger charge is -2.03. The topological polar surface area (TPSA) is 40.5 Å². The largest absolute Gasteiger partial charge is 0.508 e. The number of benzene rings is 2. The molecule has 0 amide bonds. The zero-order chi connectivity index (χ0) is 15.1. The Morgan fingerprint density at radius 3 is 2.10 bits per heavy atom. The molecule has 0 aliphatic rings. The molecule has 110 valence electrons. The van der Waals surface area contributed by atoms with Crippen LogP contribution in [0.1, 0.15) is 31.7 Å². The SMILES string of the molecule is CC(O)CCCC=Cc1ccc(-c2ccc(O)cc2)cc1. The number of phenolic OH excluding ortho intramolecular Hbond substituents is 1. The highest BCUT2D eigenvalue weighted by Gasteiger charge is 1.97. The lowest BCUT2D eigenvalue weighted by molar-refractivity contribution is 0.182. The van der Waals surface area contributed by atoms with Crippen LogP contribution in [0, 0.1) is 0 Å². The van der Waals surface area contributed by atoms with Gasteiger partial charge in [-0.25, -0.2) is 0 Å². The number of aliphatic hydroxyl groups is 1. The lowest BCUT2D eigenvalue weighted by Crippen LogP contribution is -1.97. The number of hydrogen-bond donors (Lipinski definition) is 2. The van der Waals surface area contributed by atoms with Crippen molar-refractivity contribution in [2.45, 2.75) is 32.3 Å².